The summed E-state index contributed by atoms with van der Waals surface area (Å²) in [5, 5.41) is 16.3. The minimum Gasteiger partial charge on any atom is -0.462 e. The molecule has 2 aromatic heterocycles. The van der Waals surface area contributed by atoms with Crippen LogP contribution in [0.5, 0.6) is 0 Å². The monoisotopic (exact) mass is 982 g/mol. The van der Waals surface area contributed by atoms with E-state index in [1.807, 2.05) is 13.2 Å². The van der Waals surface area contributed by atoms with E-state index >= 15 is 4.39 Å². The van der Waals surface area contributed by atoms with Gasteiger partial charge in [0.05, 0.1) is 24.2 Å². The maximum atomic E-state index is 15.3. The molecule has 2 saturated carbocycles. The van der Waals surface area contributed by atoms with Crippen molar-refractivity contribution >= 4 is 58.4 Å². The standard InChI is InChI=1S/C51H72FN13O6/c1-4-71-50(70)41-31-53-51(57-37-30-54-60(2)32-37)59-46(41)56-35-9-12-40(13-10-35)62-25-27-65(28-26-62)49(69)34-7-5-33(6-8-34)48(68)64-23-19-39(20-24-64)61(3)38-17-21-63(22-18-38)44-15-11-36(29-42(44)52)55-43-14-16-45(66)58-47(43)67/h11,15,29-35,38-40,43,55H,4-10,12-14,16-28H2,1-3H3,(H,58,66,67)(H2,53,56,57,59). The first-order valence-corrected chi connectivity index (χ1v) is 26.1. The molecule has 1 atom stereocenters. The molecule has 19 nitrogen and oxygen atoms in total. The highest BCUT2D eigenvalue weighted by Crippen LogP contribution is 2.35. The van der Waals surface area contributed by atoms with Gasteiger partial charge < -0.3 is 40.3 Å². The molecule has 4 saturated heterocycles. The van der Waals surface area contributed by atoms with E-state index in [1.54, 1.807) is 29.9 Å². The Balaban J connectivity index is 0.660. The number of hydrogen-bond donors (Lipinski definition) is 4. The fourth-order valence-corrected chi connectivity index (χ4v) is 11.9. The van der Waals surface area contributed by atoms with Gasteiger partial charge in [-0.3, -0.25) is 34.1 Å². The SMILES string of the molecule is CCOC(=O)c1cnc(Nc2cnn(C)c2)nc1NC1CCC(N2CCN(C(=O)C3CCC(C(=O)N4CCC(N(C)C5CCN(c6ccc(NC7CCC(=O)NC7=O)cc6F)CC5)CC4)CC3)CC2)CC1. The highest BCUT2D eigenvalue weighted by atomic mass is 19.1. The summed E-state index contributed by atoms with van der Waals surface area (Å²) in [7, 11) is 4.04. The van der Waals surface area contributed by atoms with Crippen LogP contribution >= 0.6 is 0 Å². The number of anilines is 5. The molecule has 20 heteroatoms. The molecular formula is C51H72FN13O6. The van der Waals surface area contributed by atoms with Crippen LogP contribution in [0.25, 0.3) is 0 Å². The summed E-state index contributed by atoms with van der Waals surface area (Å²) in [5.74, 6) is -0.160. The summed E-state index contributed by atoms with van der Waals surface area (Å²) < 4.78 is 22.3. The first kappa shape index (κ1) is 50.1. The summed E-state index contributed by atoms with van der Waals surface area (Å²) in [6.45, 7) is 8.21. The van der Waals surface area contributed by atoms with Crippen LogP contribution in [0, 0.1) is 17.7 Å². The number of nitrogens with one attached hydrogen (secondary N) is 4. The van der Waals surface area contributed by atoms with Crippen LogP contribution in [-0.4, -0.2) is 165 Å². The van der Waals surface area contributed by atoms with E-state index in [9.17, 15) is 24.0 Å². The lowest BCUT2D eigenvalue weighted by molar-refractivity contribution is -0.143. The lowest BCUT2D eigenvalue weighted by Gasteiger charge is -2.44. The van der Waals surface area contributed by atoms with Crippen LogP contribution in [0.2, 0.25) is 0 Å². The molecule has 2 aliphatic carbocycles. The van der Waals surface area contributed by atoms with Crippen LogP contribution in [-0.2, 0) is 31.0 Å². The quantitative estimate of drug-likeness (QED) is 0.127. The number of ether oxygens (including phenoxy) is 1. The van der Waals surface area contributed by atoms with Crippen molar-refractivity contribution in [2.75, 3.05) is 86.9 Å². The molecule has 4 aliphatic heterocycles. The lowest BCUT2D eigenvalue weighted by Crippen LogP contribution is -2.54. The maximum absolute atomic E-state index is 15.3. The minimum absolute atomic E-state index is 0.0153. The van der Waals surface area contributed by atoms with Gasteiger partial charge in [-0.05, 0) is 116 Å². The molecule has 4 amide bonds. The largest absolute Gasteiger partial charge is 0.462 e. The van der Waals surface area contributed by atoms with E-state index < -0.39 is 12.0 Å². The zero-order valence-electron chi connectivity index (χ0n) is 41.6. The van der Waals surface area contributed by atoms with Gasteiger partial charge in [-0.1, -0.05) is 0 Å². The number of piperazine rings is 1. The topological polar surface area (TPSA) is 202 Å². The van der Waals surface area contributed by atoms with Gasteiger partial charge in [0.15, 0.2) is 0 Å². The Hall–Kier alpha value is -5.89. The van der Waals surface area contributed by atoms with Gasteiger partial charge in [0.25, 0.3) is 0 Å². The number of amides is 4. The first-order valence-electron chi connectivity index (χ1n) is 26.1. The summed E-state index contributed by atoms with van der Waals surface area (Å²) in [5.41, 5.74) is 2.13. The molecule has 9 rings (SSSR count). The zero-order chi connectivity index (χ0) is 49.6. The van der Waals surface area contributed by atoms with Crippen molar-refractivity contribution in [1.82, 2.24) is 44.7 Å². The van der Waals surface area contributed by atoms with E-state index in [-0.39, 0.29) is 60.4 Å². The second-order valence-corrected chi connectivity index (χ2v) is 20.5. The number of carbonyl (C=O) groups is 5. The van der Waals surface area contributed by atoms with Crippen molar-refractivity contribution in [2.45, 2.75) is 127 Å². The van der Waals surface area contributed by atoms with Crippen molar-refractivity contribution in [2.24, 2.45) is 18.9 Å². The van der Waals surface area contributed by atoms with E-state index in [4.69, 9.17) is 4.74 Å². The highest BCUT2D eigenvalue weighted by Gasteiger charge is 2.38. The third-order valence-electron chi connectivity index (χ3n) is 16.1. The summed E-state index contributed by atoms with van der Waals surface area (Å²) in [6.07, 6.45) is 16.3. The number of halogens is 1. The fraction of sp³-hybridized carbons (Fsp3) is 0.647. The van der Waals surface area contributed by atoms with E-state index in [2.05, 4.69) is 67.9 Å². The molecule has 6 heterocycles. The molecule has 384 valence electrons. The number of aryl methyl sites for hydroxylation is 1. The van der Waals surface area contributed by atoms with Gasteiger partial charge >= 0.3 is 5.97 Å². The Bertz CT molecular complexity index is 2360. The summed E-state index contributed by atoms with van der Waals surface area (Å²) in [4.78, 5) is 84.4. The van der Waals surface area contributed by atoms with E-state index in [1.165, 1.54) is 12.3 Å². The van der Waals surface area contributed by atoms with Crippen LogP contribution < -0.4 is 26.2 Å². The van der Waals surface area contributed by atoms with E-state index in [0.717, 1.165) is 135 Å². The Morgan fingerprint density at radius 3 is 2.04 bits per heavy atom. The molecule has 71 heavy (non-hydrogen) atoms. The number of aromatic nitrogens is 4. The Kier molecular flexibility index (Phi) is 16.0. The van der Waals surface area contributed by atoms with Gasteiger partial charge in [0, 0.05) is 120 Å². The van der Waals surface area contributed by atoms with Gasteiger partial charge in [-0.15, -0.1) is 0 Å². The number of piperidine rings is 3. The number of nitrogens with zero attached hydrogens (tertiary/aromatic N) is 9. The Labute approximate surface area is 416 Å². The highest BCUT2D eigenvalue weighted by molar-refractivity contribution is 6.01. The minimum atomic E-state index is -0.561. The summed E-state index contributed by atoms with van der Waals surface area (Å²) >= 11 is 0. The van der Waals surface area contributed by atoms with Crippen LogP contribution in [0.3, 0.4) is 0 Å². The summed E-state index contributed by atoms with van der Waals surface area (Å²) in [6, 6.07) is 5.81. The molecule has 1 unspecified atom stereocenters. The molecule has 1 aromatic carbocycles. The zero-order valence-corrected chi connectivity index (χ0v) is 41.6. The predicted molar refractivity (Wildman–Crippen MR) is 267 cm³/mol. The van der Waals surface area contributed by atoms with Gasteiger partial charge in [-0.2, -0.15) is 10.1 Å². The molecule has 0 radical (unpaired) electrons. The van der Waals surface area contributed by atoms with Crippen molar-refractivity contribution < 1.29 is 33.1 Å². The number of esters is 1. The molecule has 0 spiro atoms. The second kappa shape index (κ2) is 22.7. The Morgan fingerprint density at radius 1 is 0.789 bits per heavy atom. The van der Waals surface area contributed by atoms with Crippen LogP contribution in [0.4, 0.5) is 33.2 Å². The van der Waals surface area contributed by atoms with Crippen molar-refractivity contribution in [3.05, 3.63) is 48.2 Å². The smallest absolute Gasteiger partial charge is 0.343 e. The average molecular weight is 982 g/mol. The number of hydrogen-bond acceptors (Lipinski definition) is 15. The van der Waals surface area contributed by atoms with Gasteiger partial charge in [0.2, 0.25) is 29.6 Å². The van der Waals surface area contributed by atoms with Crippen molar-refractivity contribution in [3.8, 4) is 0 Å². The second-order valence-electron chi connectivity index (χ2n) is 20.5. The first-order chi connectivity index (χ1) is 34.4. The van der Waals surface area contributed by atoms with Crippen LogP contribution in [0.1, 0.15) is 107 Å². The molecule has 6 fully saturated rings. The van der Waals surface area contributed by atoms with Crippen molar-refractivity contribution in [3.63, 3.8) is 0 Å². The molecular weight excluding hydrogens is 910 g/mol. The normalized spacial score (nSPS) is 25.2. The number of carbonyl (C=O) groups excluding carboxylic acids is 5. The lowest BCUT2D eigenvalue weighted by atomic mass is 9.80. The molecule has 4 N–H and O–H groups in total. The Morgan fingerprint density at radius 2 is 1.44 bits per heavy atom. The van der Waals surface area contributed by atoms with Crippen molar-refractivity contribution in [1.29, 1.82) is 0 Å². The number of likely N-dealkylation sites (tertiary alicyclic amines) is 1. The molecule has 3 aromatic rings. The van der Waals surface area contributed by atoms with Gasteiger partial charge in [0.1, 0.15) is 23.2 Å². The molecule has 0 bridgehead atoms. The fourth-order valence-electron chi connectivity index (χ4n) is 11.9. The molecule has 6 aliphatic rings. The maximum Gasteiger partial charge on any atom is 0.343 e. The average Bonchev–Trinajstić information content (AvgIpc) is 3.80. The van der Waals surface area contributed by atoms with E-state index in [0.29, 0.717) is 53.3 Å². The predicted octanol–water partition coefficient (Wildman–Crippen LogP) is 4.75. The number of rotatable bonds is 14. The van der Waals surface area contributed by atoms with Gasteiger partial charge in [-0.25, -0.2) is 14.2 Å². The third-order valence-corrected chi connectivity index (χ3v) is 16.1. The third kappa shape index (κ3) is 12.1. The number of benzene rings is 1. The number of imide groups is 1. The van der Waals surface area contributed by atoms with Crippen LogP contribution in [0.15, 0.2) is 36.8 Å².